The summed E-state index contributed by atoms with van der Waals surface area (Å²) in [6, 6.07) is 5.89. The van der Waals surface area contributed by atoms with Gasteiger partial charge >= 0.3 is 5.97 Å². The largest absolute Gasteiger partial charge is 0.481 e. The Kier molecular flexibility index (Phi) is 3.42. The molecule has 0 bridgehead atoms. The van der Waals surface area contributed by atoms with E-state index in [1.165, 1.54) is 5.56 Å². The molecule has 0 aliphatic rings. The Balaban J connectivity index is 2.72. The Hall–Kier alpha value is -2.10. The Morgan fingerprint density at radius 2 is 2.05 bits per heavy atom. The average Bonchev–Trinajstić information content (AvgIpc) is 2.33. The summed E-state index contributed by atoms with van der Waals surface area (Å²) in [6.07, 6.45) is -0.247. The van der Waals surface area contributed by atoms with E-state index in [2.05, 4.69) is 18.8 Å². The summed E-state index contributed by atoms with van der Waals surface area (Å²) >= 11 is 0. The standard InChI is InChI=1S/C15H17NO3/c1-8(2)10-4-5-13-11(6-10)9(3)12(7-14(17)18)15(19)16-13/h4-6,8H,7H2,1-3H3,(H,16,19)(H,17,18). The van der Waals surface area contributed by atoms with Gasteiger partial charge in [0.25, 0.3) is 5.56 Å². The second kappa shape index (κ2) is 4.88. The highest BCUT2D eigenvalue weighted by atomic mass is 16.4. The van der Waals surface area contributed by atoms with Crippen LogP contribution in [0.4, 0.5) is 0 Å². The molecule has 2 rings (SSSR count). The quantitative estimate of drug-likeness (QED) is 0.890. The van der Waals surface area contributed by atoms with E-state index >= 15 is 0 Å². The minimum absolute atomic E-state index is 0.247. The second-order valence-corrected chi connectivity index (χ2v) is 5.09. The molecule has 0 aliphatic heterocycles. The van der Waals surface area contributed by atoms with Crippen LogP contribution in [0.25, 0.3) is 10.9 Å². The molecule has 0 unspecified atom stereocenters. The van der Waals surface area contributed by atoms with Crippen LogP contribution >= 0.6 is 0 Å². The molecule has 4 nitrogen and oxygen atoms in total. The zero-order valence-electron chi connectivity index (χ0n) is 11.3. The third-order valence-corrected chi connectivity index (χ3v) is 3.42. The molecule has 0 saturated carbocycles. The summed E-state index contributed by atoms with van der Waals surface area (Å²) in [6.45, 7) is 6.00. The Morgan fingerprint density at radius 3 is 2.63 bits per heavy atom. The number of fused-ring (bicyclic) bond motifs is 1. The molecular formula is C15H17NO3. The van der Waals surface area contributed by atoms with Gasteiger partial charge in [-0.05, 0) is 36.1 Å². The van der Waals surface area contributed by atoms with Gasteiger partial charge in [-0.15, -0.1) is 0 Å². The Labute approximate surface area is 111 Å². The zero-order valence-corrected chi connectivity index (χ0v) is 11.3. The number of carbonyl (C=O) groups is 1. The van der Waals surface area contributed by atoms with Gasteiger partial charge in [0.15, 0.2) is 0 Å². The number of nitrogens with one attached hydrogen (secondary N) is 1. The van der Waals surface area contributed by atoms with Crippen LogP contribution in [0.15, 0.2) is 23.0 Å². The number of hydrogen-bond donors (Lipinski definition) is 2. The lowest BCUT2D eigenvalue weighted by atomic mass is 9.97. The summed E-state index contributed by atoms with van der Waals surface area (Å²) in [5, 5.41) is 9.80. The first-order valence-electron chi connectivity index (χ1n) is 6.27. The van der Waals surface area contributed by atoms with E-state index in [1.807, 2.05) is 18.2 Å². The molecule has 0 spiro atoms. The van der Waals surface area contributed by atoms with Gasteiger partial charge in [0.2, 0.25) is 0 Å². The van der Waals surface area contributed by atoms with E-state index < -0.39 is 5.97 Å². The van der Waals surface area contributed by atoms with Crippen molar-refractivity contribution in [3.63, 3.8) is 0 Å². The number of hydrogen-bond acceptors (Lipinski definition) is 2. The number of benzene rings is 1. The fraction of sp³-hybridized carbons (Fsp3) is 0.333. The molecule has 0 saturated heterocycles. The molecule has 1 aromatic carbocycles. The molecule has 0 aliphatic carbocycles. The van der Waals surface area contributed by atoms with Crippen LogP contribution in [0.3, 0.4) is 0 Å². The molecule has 4 heteroatoms. The van der Waals surface area contributed by atoms with Crippen LogP contribution in [0.5, 0.6) is 0 Å². The number of aryl methyl sites for hydroxylation is 1. The predicted molar refractivity (Wildman–Crippen MR) is 74.7 cm³/mol. The molecule has 0 fully saturated rings. The number of pyridine rings is 1. The lowest BCUT2D eigenvalue weighted by Crippen LogP contribution is -2.18. The molecule has 2 N–H and O–H groups in total. The highest BCUT2D eigenvalue weighted by molar-refractivity contribution is 5.85. The lowest BCUT2D eigenvalue weighted by molar-refractivity contribution is -0.136. The molecule has 2 aromatic rings. The zero-order chi connectivity index (χ0) is 14.2. The van der Waals surface area contributed by atoms with Crippen LogP contribution in [-0.4, -0.2) is 16.1 Å². The fourth-order valence-corrected chi connectivity index (χ4v) is 2.23. The molecule has 19 heavy (non-hydrogen) atoms. The maximum Gasteiger partial charge on any atom is 0.308 e. The van der Waals surface area contributed by atoms with E-state index in [0.29, 0.717) is 11.5 Å². The van der Waals surface area contributed by atoms with Crippen molar-refractivity contribution in [1.82, 2.24) is 4.98 Å². The van der Waals surface area contributed by atoms with Crippen molar-refractivity contribution in [2.75, 3.05) is 0 Å². The van der Waals surface area contributed by atoms with Crippen LogP contribution in [0.2, 0.25) is 0 Å². The number of H-pyrrole nitrogens is 1. The highest BCUT2D eigenvalue weighted by Gasteiger charge is 2.13. The normalized spacial score (nSPS) is 11.2. The first kappa shape index (κ1) is 13.3. The smallest absolute Gasteiger partial charge is 0.308 e. The predicted octanol–water partition coefficient (Wildman–Crippen LogP) is 2.59. The third kappa shape index (κ3) is 2.52. The van der Waals surface area contributed by atoms with Crippen molar-refractivity contribution >= 4 is 16.9 Å². The van der Waals surface area contributed by atoms with Gasteiger partial charge in [0.1, 0.15) is 0 Å². The van der Waals surface area contributed by atoms with Crippen molar-refractivity contribution in [1.29, 1.82) is 0 Å². The topological polar surface area (TPSA) is 70.2 Å². The van der Waals surface area contributed by atoms with Gasteiger partial charge in [0.05, 0.1) is 6.42 Å². The van der Waals surface area contributed by atoms with Crippen molar-refractivity contribution in [3.8, 4) is 0 Å². The van der Waals surface area contributed by atoms with Crippen LogP contribution in [-0.2, 0) is 11.2 Å². The third-order valence-electron chi connectivity index (χ3n) is 3.42. The van der Waals surface area contributed by atoms with Crippen molar-refractivity contribution in [3.05, 3.63) is 45.2 Å². The van der Waals surface area contributed by atoms with Gasteiger partial charge in [-0.25, -0.2) is 0 Å². The maximum absolute atomic E-state index is 11.9. The van der Waals surface area contributed by atoms with E-state index in [9.17, 15) is 9.59 Å². The number of aromatic nitrogens is 1. The van der Waals surface area contributed by atoms with E-state index in [0.717, 1.165) is 16.5 Å². The van der Waals surface area contributed by atoms with Gasteiger partial charge in [-0.2, -0.15) is 0 Å². The summed E-state index contributed by atoms with van der Waals surface area (Å²) < 4.78 is 0. The van der Waals surface area contributed by atoms with Crippen molar-refractivity contribution in [2.24, 2.45) is 0 Å². The van der Waals surface area contributed by atoms with E-state index in [4.69, 9.17) is 5.11 Å². The van der Waals surface area contributed by atoms with E-state index in [-0.39, 0.29) is 12.0 Å². The van der Waals surface area contributed by atoms with Crippen LogP contribution in [0, 0.1) is 6.92 Å². The Morgan fingerprint density at radius 1 is 1.37 bits per heavy atom. The Bertz CT molecular complexity index is 698. The average molecular weight is 259 g/mol. The van der Waals surface area contributed by atoms with Crippen LogP contribution < -0.4 is 5.56 Å². The molecule has 1 heterocycles. The number of rotatable bonds is 3. The molecule has 0 amide bonds. The first-order chi connectivity index (χ1) is 8.90. The van der Waals surface area contributed by atoms with Gasteiger partial charge in [0, 0.05) is 16.5 Å². The number of aromatic amines is 1. The number of aliphatic carboxylic acids is 1. The van der Waals surface area contributed by atoms with Gasteiger partial charge in [-0.3, -0.25) is 9.59 Å². The van der Waals surface area contributed by atoms with Crippen LogP contribution in [0.1, 0.15) is 36.5 Å². The van der Waals surface area contributed by atoms with E-state index in [1.54, 1.807) is 6.92 Å². The summed E-state index contributed by atoms with van der Waals surface area (Å²) in [5.74, 6) is -0.605. The minimum Gasteiger partial charge on any atom is -0.481 e. The summed E-state index contributed by atoms with van der Waals surface area (Å²) in [5.41, 5.74) is 2.69. The van der Waals surface area contributed by atoms with Gasteiger partial charge < -0.3 is 10.1 Å². The molecular weight excluding hydrogens is 242 g/mol. The number of carboxylic acid groups (broad SMARTS) is 1. The molecule has 0 atom stereocenters. The maximum atomic E-state index is 11.9. The van der Waals surface area contributed by atoms with Crippen molar-refractivity contribution < 1.29 is 9.90 Å². The number of carboxylic acids is 1. The summed E-state index contributed by atoms with van der Waals surface area (Å²) in [7, 11) is 0. The minimum atomic E-state index is -0.993. The molecule has 0 radical (unpaired) electrons. The second-order valence-electron chi connectivity index (χ2n) is 5.09. The monoisotopic (exact) mass is 259 g/mol. The van der Waals surface area contributed by atoms with Crippen molar-refractivity contribution in [2.45, 2.75) is 33.1 Å². The first-order valence-corrected chi connectivity index (χ1v) is 6.27. The fourth-order valence-electron chi connectivity index (χ4n) is 2.23. The SMILES string of the molecule is Cc1c(CC(=O)O)c(=O)[nH]c2ccc(C(C)C)cc12. The molecule has 100 valence electrons. The highest BCUT2D eigenvalue weighted by Crippen LogP contribution is 2.23. The lowest BCUT2D eigenvalue weighted by Gasteiger charge is -2.11. The molecule has 1 aromatic heterocycles. The van der Waals surface area contributed by atoms with Gasteiger partial charge in [-0.1, -0.05) is 19.9 Å². The summed E-state index contributed by atoms with van der Waals surface area (Å²) in [4.78, 5) is 25.5.